The molecule has 0 amide bonds. The highest BCUT2D eigenvalue weighted by atomic mass is 16.3. The first kappa shape index (κ1) is 20.9. The fourth-order valence-electron chi connectivity index (χ4n) is 6.55. The van der Waals surface area contributed by atoms with Crippen molar-refractivity contribution < 1.29 is 10.2 Å². The van der Waals surface area contributed by atoms with Gasteiger partial charge in [0.2, 0.25) is 0 Å². The van der Waals surface area contributed by atoms with E-state index >= 15 is 0 Å². The molecular weight excluding hydrogens is 332 g/mol. The summed E-state index contributed by atoms with van der Waals surface area (Å²) < 4.78 is 0. The van der Waals surface area contributed by atoms with E-state index in [9.17, 15) is 10.2 Å². The predicted molar refractivity (Wildman–Crippen MR) is 113 cm³/mol. The van der Waals surface area contributed by atoms with E-state index in [1.165, 1.54) is 38.5 Å². The minimum absolute atomic E-state index is 0.455. The van der Waals surface area contributed by atoms with E-state index in [1.54, 1.807) is 5.57 Å². The fourth-order valence-corrected chi connectivity index (χ4v) is 6.55. The Morgan fingerprint density at radius 3 is 2.41 bits per heavy atom. The van der Waals surface area contributed by atoms with Gasteiger partial charge < -0.3 is 10.2 Å². The van der Waals surface area contributed by atoms with Crippen LogP contribution in [0.5, 0.6) is 0 Å². The third-order valence-electron chi connectivity index (χ3n) is 7.87. The SMILES string of the molecule is C=C1[C@H](O)CC(=C/C=C2\CCC[C@@]3(C)C2CC[C@@H]3[C@H](C)CC(C)C)C[C@H]1O. The monoisotopic (exact) mass is 372 g/mol. The summed E-state index contributed by atoms with van der Waals surface area (Å²) in [6.45, 7) is 13.6. The van der Waals surface area contributed by atoms with Crippen molar-refractivity contribution in [1.29, 1.82) is 0 Å². The molecule has 152 valence electrons. The van der Waals surface area contributed by atoms with Crippen molar-refractivity contribution in [1.82, 2.24) is 0 Å². The summed E-state index contributed by atoms with van der Waals surface area (Å²) in [6, 6.07) is 0. The van der Waals surface area contributed by atoms with Gasteiger partial charge in [-0.15, -0.1) is 0 Å². The molecule has 0 aromatic carbocycles. The summed E-state index contributed by atoms with van der Waals surface area (Å²) in [5, 5.41) is 20.2. The predicted octanol–water partition coefficient (Wildman–Crippen LogP) is 5.81. The molecule has 0 bridgehead atoms. The molecule has 3 aliphatic carbocycles. The highest BCUT2D eigenvalue weighted by Crippen LogP contribution is 2.60. The van der Waals surface area contributed by atoms with Gasteiger partial charge in [0.1, 0.15) is 0 Å². The van der Waals surface area contributed by atoms with E-state index in [0.29, 0.717) is 23.8 Å². The third-order valence-corrected chi connectivity index (χ3v) is 7.87. The molecule has 2 nitrogen and oxygen atoms in total. The van der Waals surface area contributed by atoms with Crippen LogP contribution in [0.15, 0.2) is 35.5 Å². The Labute approximate surface area is 166 Å². The third kappa shape index (κ3) is 4.27. The summed E-state index contributed by atoms with van der Waals surface area (Å²) in [7, 11) is 0. The second kappa shape index (κ2) is 8.25. The van der Waals surface area contributed by atoms with E-state index < -0.39 is 12.2 Å². The van der Waals surface area contributed by atoms with Crippen LogP contribution in [0, 0.1) is 29.1 Å². The van der Waals surface area contributed by atoms with Crippen molar-refractivity contribution in [3.63, 3.8) is 0 Å². The maximum absolute atomic E-state index is 10.1. The molecule has 0 aliphatic heterocycles. The van der Waals surface area contributed by atoms with Crippen molar-refractivity contribution in [3.8, 4) is 0 Å². The lowest BCUT2D eigenvalue weighted by Crippen LogP contribution is -2.36. The number of fused-ring (bicyclic) bond motifs is 1. The summed E-state index contributed by atoms with van der Waals surface area (Å²) in [5.41, 5.74) is 3.80. The second-order valence-electron chi connectivity index (χ2n) is 10.3. The molecule has 2 heteroatoms. The van der Waals surface area contributed by atoms with E-state index in [4.69, 9.17) is 0 Å². The van der Waals surface area contributed by atoms with E-state index in [-0.39, 0.29) is 0 Å². The Morgan fingerprint density at radius 2 is 1.78 bits per heavy atom. The van der Waals surface area contributed by atoms with Gasteiger partial charge in [0.25, 0.3) is 0 Å². The minimum atomic E-state index is -0.595. The van der Waals surface area contributed by atoms with Crippen molar-refractivity contribution >= 4 is 0 Å². The lowest BCUT2D eigenvalue weighted by Gasteiger charge is -2.44. The van der Waals surface area contributed by atoms with Gasteiger partial charge in [0, 0.05) is 0 Å². The molecule has 2 N–H and O–H groups in total. The van der Waals surface area contributed by atoms with Crippen LogP contribution >= 0.6 is 0 Å². The van der Waals surface area contributed by atoms with E-state index in [1.807, 2.05) is 0 Å². The van der Waals surface area contributed by atoms with Gasteiger partial charge in [0.05, 0.1) is 12.2 Å². The van der Waals surface area contributed by atoms with Crippen LogP contribution in [0.4, 0.5) is 0 Å². The molecule has 0 saturated heterocycles. The lowest BCUT2D eigenvalue weighted by atomic mass is 9.60. The van der Waals surface area contributed by atoms with E-state index in [0.717, 1.165) is 29.2 Å². The van der Waals surface area contributed by atoms with Crippen LogP contribution in [0.2, 0.25) is 0 Å². The Balaban J connectivity index is 1.76. The van der Waals surface area contributed by atoms with Gasteiger partial charge in [-0.25, -0.2) is 0 Å². The van der Waals surface area contributed by atoms with Gasteiger partial charge in [-0.2, -0.15) is 0 Å². The molecular formula is C25H40O2. The largest absolute Gasteiger partial charge is 0.388 e. The maximum atomic E-state index is 10.1. The molecule has 0 spiro atoms. The Bertz CT molecular complexity index is 598. The maximum Gasteiger partial charge on any atom is 0.0809 e. The number of hydrogen-bond acceptors (Lipinski definition) is 2. The van der Waals surface area contributed by atoms with Crippen molar-refractivity contribution in [3.05, 3.63) is 35.5 Å². The number of hydrogen-bond donors (Lipinski definition) is 2. The molecule has 3 fully saturated rings. The number of aliphatic hydroxyl groups excluding tert-OH is 2. The topological polar surface area (TPSA) is 40.5 Å². The van der Waals surface area contributed by atoms with Crippen LogP contribution in [-0.4, -0.2) is 22.4 Å². The van der Waals surface area contributed by atoms with Gasteiger partial charge >= 0.3 is 0 Å². The van der Waals surface area contributed by atoms with Gasteiger partial charge in [-0.05, 0) is 86.0 Å². The second-order valence-corrected chi connectivity index (χ2v) is 10.3. The summed E-state index contributed by atoms with van der Waals surface area (Å²) >= 11 is 0. The van der Waals surface area contributed by atoms with Crippen molar-refractivity contribution in [2.24, 2.45) is 29.1 Å². The standard InChI is InChI=1S/C25H40O2/c1-16(2)13-17(3)21-10-11-22-20(7-6-12-25(21,22)5)9-8-19-14-23(26)18(4)24(27)15-19/h8-9,16-17,21-24,26-27H,4,6-7,10-15H2,1-3,5H3/b20-9+/t17-,21-,22?,23-,24-,25-/m1/s1. The van der Waals surface area contributed by atoms with Gasteiger partial charge in [-0.1, -0.05) is 57.6 Å². The molecule has 0 radical (unpaired) electrons. The zero-order valence-electron chi connectivity index (χ0n) is 17.9. The summed E-state index contributed by atoms with van der Waals surface area (Å²) in [5.74, 6) is 3.16. The number of allylic oxidation sites excluding steroid dienone is 3. The quantitative estimate of drug-likeness (QED) is 0.611. The number of aliphatic hydroxyl groups is 2. The van der Waals surface area contributed by atoms with Crippen LogP contribution in [0.1, 0.15) is 79.1 Å². The highest BCUT2D eigenvalue weighted by molar-refractivity contribution is 5.29. The molecule has 0 heterocycles. The minimum Gasteiger partial charge on any atom is -0.388 e. The molecule has 0 aromatic heterocycles. The highest BCUT2D eigenvalue weighted by Gasteiger charge is 2.50. The summed E-state index contributed by atoms with van der Waals surface area (Å²) in [4.78, 5) is 0. The Morgan fingerprint density at radius 1 is 1.11 bits per heavy atom. The average molecular weight is 373 g/mol. The van der Waals surface area contributed by atoms with Gasteiger partial charge in [-0.3, -0.25) is 0 Å². The van der Waals surface area contributed by atoms with Crippen LogP contribution in [0.25, 0.3) is 0 Å². The molecule has 3 aliphatic rings. The Hall–Kier alpha value is -0.860. The van der Waals surface area contributed by atoms with Crippen LogP contribution < -0.4 is 0 Å². The van der Waals surface area contributed by atoms with Crippen LogP contribution in [-0.2, 0) is 0 Å². The summed E-state index contributed by atoms with van der Waals surface area (Å²) in [6.07, 6.45) is 12.5. The molecule has 3 rings (SSSR count). The lowest BCUT2D eigenvalue weighted by molar-refractivity contribution is 0.0893. The first-order valence-electron chi connectivity index (χ1n) is 11.2. The first-order valence-corrected chi connectivity index (χ1v) is 11.2. The fraction of sp³-hybridized carbons (Fsp3) is 0.760. The van der Waals surface area contributed by atoms with E-state index in [2.05, 4.69) is 46.4 Å². The van der Waals surface area contributed by atoms with Crippen LogP contribution in [0.3, 0.4) is 0 Å². The van der Waals surface area contributed by atoms with Crippen molar-refractivity contribution in [2.45, 2.75) is 91.3 Å². The zero-order valence-corrected chi connectivity index (χ0v) is 17.9. The Kier molecular flexibility index (Phi) is 6.37. The smallest absolute Gasteiger partial charge is 0.0809 e. The van der Waals surface area contributed by atoms with Gasteiger partial charge in [0.15, 0.2) is 0 Å². The molecule has 0 aromatic rings. The molecule has 3 saturated carbocycles. The van der Waals surface area contributed by atoms with Crippen molar-refractivity contribution in [2.75, 3.05) is 0 Å². The average Bonchev–Trinajstić information content (AvgIpc) is 2.94. The zero-order chi connectivity index (χ0) is 19.8. The molecule has 6 atom stereocenters. The normalized spacial score (nSPS) is 39.7. The first-order chi connectivity index (χ1) is 12.7. The number of rotatable bonds is 4. The molecule has 1 unspecified atom stereocenters. The molecule has 27 heavy (non-hydrogen) atoms.